The molecule has 1 aliphatic rings. The van der Waals surface area contributed by atoms with Gasteiger partial charge in [0.15, 0.2) is 0 Å². The fourth-order valence-corrected chi connectivity index (χ4v) is 3.60. The summed E-state index contributed by atoms with van der Waals surface area (Å²) in [7, 11) is -1.48. The van der Waals surface area contributed by atoms with Crippen LogP contribution in [0.4, 0.5) is 0 Å². The highest BCUT2D eigenvalue weighted by molar-refractivity contribution is 6.83. The van der Waals surface area contributed by atoms with E-state index >= 15 is 0 Å². The van der Waals surface area contributed by atoms with Gasteiger partial charge in [0.1, 0.15) is 8.07 Å². The Bertz CT molecular complexity index is 1380. The Balaban J connectivity index is 1.63. The van der Waals surface area contributed by atoms with E-state index in [-0.39, 0.29) is 5.92 Å². The van der Waals surface area contributed by atoms with Crippen LogP contribution >= 0.6 is 0 Å². The molecule has 0 spiro atoms. The Morgan fingerprint density at radius 1 is 0.697 bits per heavy atom. The maximum Gasteiger partial charge on any atom is 0.129 e. The van der Waals surface area contributed by atoms with Crippen molar-refractivity contribution in [2.24, 2.45) is 5.92 Å². The molecule has 3 heteroatoms. The minimum absolute atomic E-state index is 0.167. The molecule has 0 aliphatic heterocycles. The van der Waals surface area contributed by atoms with Gasteiger partial charge in [-0.3, -0.25) is 9.97 Å². The van der Waals surface area contributed by atoms with Crippen LogP contribution in [0.3, 0.4) is 0 Å². The molecule has 0 bridgehead atoms. The van der Waals surface area contributed by atoms with Crippen molar-refractivity contribution in [1.82, 2.24) is 9.97 Å². The van der Waals surface area contributed by atoms with E-state index in [2.05, 4.69) is 83.0 Å². The Kier molecular flexibility index (Phi) is 6.71. The number of rotatable bonds is 1. The fourth-order valence-electron chi connectivity index (χ4n) is 3.08. The minimum Gasteiger partial charge on any atom is -0.255 e. The third kappa shape index (κ3) is 6.69. The monoisotopic (exact) mass is 440 g/mol. The first-order valence-electron chi connectivity index (χ1n) is 10.9. The minimum atomic E-state index is -1.48. The summed E-state index contributed by atoms with van der Waals surface area (Å²) in [5, 5.41) is 0. The van der Waals surface area contributed by atoms with Crippen LogP contribution in [-0.2, 0) is 0 Å². The Morgan fingerprint density at radius 2 is 1.36 bits per heavy atom. The van der Waals surface area contributed by atoms with Crippen molar-refractivity contribution in [3.05, 3.63) is 107 Å². The molecule has 1 aromatic carbocycles. The lowest BCUT2D eigenvalue weighted by molar-refractivity contribution is 1.15. The van der Waals surface area contributed by atoms with Gasteiger partial charge in [0.2, 0.25) is 0 Å². The van der Waals surface area contributed by atoms with E-state index in [9.17, 15) is 0 Å². The maximum absolute atomic E-state index is 4.51. The van der Waals surface area contributed by atoms with Crippen LogP contribution in [0.1, 0.15) is 22.3 Å². The van der Waals surface area contributed by atoms with Crippen LogP contribution in [0, 0.1) is 41.1 Å². The predicted molar refractivity (Wildman–Crippen MR) is 139 cm³/mol. The number of pyridine rings is 2. The van der Waals surface area contributed by atoms with E-state index in [1.54, 1.807) is 12.4 Å². The number of aromatic nitrogens is 2. The Labute approximate surface area is 197 Å². The third-order valence-electron chi connectivity index (χ3n) is 4.69. The molecule has 3 aromatic rings. The molecule has 2 aromatic heterocycles. The molecule has 0 fully saturated rings. The van der Waals surface area contributed by atoms with Gasteiger partial charge in [-0.05, 0) is 42.5 Å². The fraction of sp³-hybridized carbons (Fsp3) is 0.133. The van der Waals surface area contributed by atoms with Gasteiger partial charge < -0.3 is 0 Å². The lowest BCUT2D eigenvalue weighted by Gasteiger charge is -2.04. The third-order valence-corrected chi connectivity index (χ3v) is 5.56. The molecule has 0 atom stereocenters. The van der Waals surface area contributed by atoms with Crippen molar-refractivity contribution in [3.8, 4) is 46.5 Å². The molecule has 0 saturated carbocycles. The second-order valence-electron chi connectivity index (χ2n) is 8.76. The highest BCUT2D eigenvalue weighted by Gasteiger charge is 2.08. The van der Waals surface area contributed by atoms with Gasteiger partial charge in [0, 0.05) is 34.6 Å². The van der Waals surface area contributed by atoms with Crippen LogP contribution < -0.4 is 0 Å². The zero-order valence-corrected chi connectivity index (χ0v) is 20.1. The summed E-state index contributed by atoms with van der Waals surface area (Å²) in [6.45, 7) is 6.72. The number of allylic oxidation sites excluding steroid dienone is 4. The zero-order chi connectivity index (χ0) is 23.1. The van der Waals surface area contributed by atoms with Crippen molar-refractivity contribution in [2.45, 2.75) is 19.6 Å². The summed E-state index contributed by atoms with van der Waals surface area (Å²) < 4.78 is 0. The van der Waals surface area contributed by atoms with Crippen molar-refractivity contribution in [2.75, 3.05) is 0 Å². The van der Waals surface area contributed by atoms with Crippen molar-refractivity contribution >= 4 is 8.07 Å². The zero-order valence-electron chi connectivity index (χ0n) is 19.1. The van der Waals surface area contributed by atoms with E-state index in [1.165, 1.54) is 0 Å². The van der Waals surface area contributed by atoms with E-state index in [4.69, 9.17) is 0 Å². The molecule has 0 saturated heterocycles. The van der Waals surface area contributed by atoms with E-state index in [1.807, 2.05) is 54.6 Å². The van der Waals surface area contributed by atoms with Gasteiger partial charge in [-0.2, -0.15) is 0 Å². The van der Waals surface area contributed by atoms with Gasteiger partial charge in [0.25, 0.3) is 0 Å². The molecule has 0 radical (unpaired) electrons. The number of hydrogen-bond acceptors (Lipinski definition) is 2. The summed E-state index contributed by atoms with van der Waals surface area (Å²) in [4.78, 5) is 8.85. The Hall–Kier alpha value is -4.10. The van der Waals surface area contributed by atoms with Gasteiger partial charge >= 0.3 is 0 Å². The summed E-state index contributed by atoms with van der Waals surface area (Å²) in [6.07, 6.45) is 11.8. The Morgan fingerprint density at radius 3 is 2.00 bits per heavy atom. The molecule has 158 valence electrons. The second kappa shape index (κ2) is 10.0. The van der Waals surface area contributed by atoms with E-state index < -0.39 is 8.07 Å². The summed E-state index contributed by atoms with van der Waals surface area (Å²) in [5.41, 5.74) is 8.75. The molecule has 0 N–H and O–H groups in total. The van der Waals surface area contributed by atoms with Gasteiger partial charge in [0.05, 0.1) is 17.3 Å². The summed E-state index contributed by atoms with van der Waals surface area (Å²) in [6, 6.07) is 15.8. The molecule has 0 amide bonds. The molecule has 2 nitrogen and oxygen atoms in total. The lowest BCUT2D eigenvalue weighted by atomic mass is 10.0. The van der Waals surface area contributed by atoms with E-state index in [0.717, 1.165) is 33.6 Å². The number of benzene rings is 1. The van der Waals surface area contributed by atoms with Crippen molar-refractivity contribution < 1.29 is 0 Å². The molecular formula is C30H24N2Si. The van der Waals surface area contributed by atoms with Crippen molar-refractivity contribution in [3.63, 3.8) is 0 Å². The highest BCUT2D eigenvalue weighted by atomic mass is 28.3. The largest absolute Gasteiger partial charge is 0.255 e. The van der Waals surface area contributed by atoms with E-state index in [0.29, 0.717) is 0 Å². The summed E-state index contributed by atoms with van der Waals surface area (Å²) >= 11 is 0. The smallest absolute Gasteiger partial charge is 0.129 e. The average Bonchev–Trinajstić information content (AvgIpc) is 3.34. The van der Waals surface area contributed by atoms with Crippen molar-refractivity contribution in [1.29, 1.82) is 0 Å². The standard InChI is InChI=1S/C30H24N2Si/c1-33(2,3)19-17-28-21-26(13-11-24-8-4-5-9-24)20-27(22-28)14-12-25-15-16-30(32-23-25)29-10-6-7-18-31-29/h4-10,15-16,18,20-24H,1-3H3. The number of hydrogen-bond donors (Lipinski definition) is 0. The first-order chi connectivity index (χ1) is 15.9. The first-order valence-corrected chi connectivity index (χ1v) is 14.4. The molecule has 1 aliphatic carbocycles. The molecule has 0 unspecified atom stereocenters. The van der Waals surface area contributed by atoms with Crippen LogP contribution in [0.2, 0.25) is 19.6 Å². The highest BCUT2D eigenvalue weighted by Crippen LogP contribution is 2.14. The van der Waals surface area contributed by atoms with Crippen LogP contribution in [0.15, 0.2) is 85.2 Å². The second-order valence-corrected chi connectivity index (χ2v) is 13.5. The van der Waals surface area contributed by atoms with Gasteiger partial charge in [-0.15, -0.1) is 5.54 Å². The SMILES string of the molecule is C[Si](C)(C)C#Cc1cc(C#Cc2ccc(-c3ccccn3)nc2)cc(C#CC2C=CC=C2)c1. The molecular weight excluding hydrogens is 416 g/mol. The van der Waals surface area contributed by atoms with Crippen LogP contribution in [0.25, 0.3) is 11.4 Å². The average molecular weight is 441 g/mol. The van der Waals surface area contributed by atoms with Crippen LogP contribution in [0.5, 0.6) is 0 Å². The maximum atomic E-state index is 4.51. The predicted octanol–water partition coefficient (Wildman–Crippen LogP) is 5.87. The topological polar surface area (TPSA) is 25.8 Å². The van der Waals surface area contributed by atoms with Gasteiger partial charge in [-0.25, -0.2) is 0 Å². The van der Waals surface area contributed by atoms with Crippen LogP contribution in [-0.4, -0.2) is 18.0 Å². The lowest BCUT2D eigenvalue weighted by Crippen LogP contribution is -2.16. The summed E-state index contributed by atoms with van der Waals surface area (Å²) in [5.74, 6) is 16.6. The van der Waals surface area contributed by atoms with Gasteiger partial charge in [-0.1, -0.05) is 79.6 Å². The molecule has 33 heavy (non-hydrogen) atoms. The first kappa shape index (κ1) is 22.1. The molecule has 4 rings (SSSR count). The quantitative estimate of drug-likeness (QED) is 0.350. The molecule has 2 heterocycles. The number of nitrogens with zero attached hydrogens (tertiary/aromatic N) is 2. The normalized spacial score (nSPS) is 12.2.